The van der Waals surface area contributed by atoms with E-state index < -0.39 is 0 Å². The van der Waals surface area contributed by atoms with Crippen molar-refractivity contribution < 1.29 is 4.39 Å². The Morgan fingerprint density at radius 2 is 2.17 bits per heavy atom. The van der Waals surface area contributed by atoms with Crippen LogP contribution in [0.25, 0.3) is 0 Å². The molecule has 0 heterocycles. The molecule has 3 heteroatoms. The van der Waals surface area contributed by atoms with Crippen molar-refractivity contribution >= 4 is 11.6 Å². The van der Waals surface area contributed by atoms with E-state index in [0.717, 1.165) is 24.9 Å². The van der Waals surface area contributed by atoms with E-state index in [-0.39, 0.29) is 16.3 Å². The number of hydrogen-bond donors (Lipinski definition) is 1. The van der Waals surface area contributed by atoms with Crippen LogP contribution in [0.3, 0.4) is 0 Å². The summed E-state index contributed by atoms with van der Waals surface area (Å²) in [6, 6.07) is 5.74. The van der Waals surface area contributed by atoms with E-state index >= 15 is 0 Å². The summed E-state index contributed by atoms with van der Waals surface area (Å²) in [7, 11) is 0. The third-order valence-electron chi connectivity index (χ3n) is 4.09. The number of nitrogens with one attached hydrogen (secondary N) is 1. The van der Waals surface area contributed by atoms with E-state index in [1.54, 1.807) is 6.07 Å². The van der Waals surface area contributed by atoms with Gasteiger partial charge >= 0.3 is 0 Å². The molecule has 1 aromatic rings. The van der Waals surface area contributed by atoms with Crippen molar-refractivity contribution in [3.8, 4) is 0 Å². The third kappa shape index (κ3) is 2.86. The summed E-state index contributed by atoms with van der Waals surface area (Å²) in [5, 5.41) is 3.77. The molecule has 1 aromatic carbocycles. The molecule has 2 rings (SSSR count). The van der Waals surface area contributed by atoms with Crippen LogP contribution in [0.1, 0.15) is 38.7 Å². The first-order chi connectivity index (χ1) is 8.59. The summed E-state index contributed by atoms with van der Waals surface area (Å²) < 4.78 is 13.9. The normalized spacial score (nSPS) is 18.7. The van der Waals surface area contributed by atoms with Crippen molar-refractivity contribution in [2.24, 2.45) is 5.41 Å². The first kappa shape index (κ1) is 13.8. The molecule has 0 radical (unpaired) electrons. The second-order valence-electron chi connectivity index (χ2n) is 5.43. The van der Waals surface area contributed by atoms with Gasteiger partial charge in [0.1, 0.15) is 5.82 Å². The minimum Gasteiger partial charge on any atom is -0.314 e. The molecule has 0 aromatic heterocycles. The summed E-state index contributed by atoms with van der Waals surface area (Å²) in [5.41, 5.74) is 0.992. The molecule has 1 unspecified atom stereocenters. The maximum atomic E-state index is 13.9. The van der Waals surface area contributed by atoms with Crippen LogP contribution in [0.4, 0.5) is 4.39 Å². The summed E-state index contributed by atoms with van der Waals surface area (Å²) in [5.74, 6) is -0.242. The minimum atomic E-state index is -0.242. The van der Waals surface area contributed by atoms with Crippen molar-refractivity contribution in [2.45, 2.75) is 45.6 Å². The molecule has 1 aliphatic carbocycles. The molecular formula is C15H21ClFN. The molecule has 1 saturated carbocycles. The van der Waals surface area contributed by atoms with E-state index in [2.05, 4.69) is 19.2 Å². The quantitative estimate of drug-likeness (QED) is 0.817. The highest BCUT2D eigenvalue weighted by atomic mass is 35.5. The lowest BCUT2D eigenvalue weighted by Crippen LogP contribution is -2.36. The Balaban J connectivity index is 2.06. The second-order valence-corrected chi connectivity index (χ2v) is 5.84. The first-order valence-electron chi connectivity index (χ1n) is 6.75. The van der Waals surface area contributed by atoms with E-state index in [1.165, 1.54) is 12.8 Å². The molecule has 0 aliphatic heterocycles. The van der Waals surface area contributed by atoms with Gasteiger partial charge in [-0.3, -0.25) is 0 Å². The van der Waals surface area contributed by atoms with Crippen LogP contribution in [0.15, 0.2) is 18.2 Å². The van der Waals surface area contributed by atoms with E-state index in [9.17, 15) is 4.39 Å². The zero-order valence-electron chi connectivity index (χ0n) is 11.1. The van der Waals surface area contributed by atoms with Gasteiger partial charge in [0.05, 0.1) is 5.02 Å². The van der Waals surface area contributed by atoms with Gasteiger partial charge in [0, 0.05) is 6.04 Å². The van der Waals surface area contributed by atoms with Crippen molar-refractivity contribution in [1.82, 2.24) is 5.32 Å². The van der Waals surface area contributed by atoms with Gasteiger partial charge in [-0.2, -0.15) is 0 Å². The fraction of sp³-hybridized carbons (Fsp3) is 0.600. The van der Waals surface area contributed by atoms with Gasteiger partial charge in [-0.15, -0.1) is 0 Å². The third-order valence-corrected chi connectivity index (χ3v) is 4.38. The van der Waals surface area contributed by atoms with Crippen LogP contribution in [-0.4, -0.2) is 12.6 Å². The monoisotopic (exact) mass is 269 g/mol. The van der Waals surface area contributed by atoms with Crippen molar-refractivity contribution in [3.05, 3.63) is 34.6 Å². The van der Waals surface area contributed by atoms with E-state index in [4.69, 9.17) is 11.6 Å². The fourth-order valence-corrected chi connectivity index (χ4v) is 2.76. The average Bonchev–Trinajstić information content (AvgIpc) is 3.13. The molecule has 100 valence electrons. The number of hydrogen-bond acceptors (Lipinski definition) is 1. The molecular weight excluding hydrogens is 249 g/mol. The highest BCUT2D eigenvalue weighted by Gasteiger charge is 2.47. The van der Waals surface area contributed by atoms with Gasteiger partial charge < -0.3 is 5.32 Å². The van der Waals surface area contributed by atoms with E-state index in [0.29, 0.717) is 6.04 Å². The van der Waals surface area contributed by atoms with Crippen LogP contribution >= 0.6 is 11.6 Å². The average molecular weight is 270 g/mol. The maximum absolute atomic E-state index is 13.9. The largest absolute Gasteiger partial charge is 0.314 e. The summed E-state index contributed by atoms with van der Waals surface area (Å²) in [6.07, 6.45) is 4.27. The van der Waals surface area contributed by atoms with Gasteiger partial charge in [-0.25, -0.2) is 4.39 Å². The Labute approximate surface area is 114 Å². The van der Waals surface area contributed by atoms with Gasteiger partial charge in [0.25, 0.3) is 0 Å². The molecule has 0 bridgehead atoms. The van der Waals surface area contributed by atoms with Crippen molar-refractivity contribution in [3.63, 3.8) is 0 Å². The van der Waals surface area contributed by atoms with E-state index in [1.807, 2.05) is 12.1 Å². The fourth-order valence-electron chi connectivity index (χ4n) is 2.57. The molecule has 0 amide bonds. The predicted molar refractivity (Wildman–Crippen MR) is 74.5 cm³/mol. The molecule has 1 atom stereocenters. The highest BCUT2D eigenvalue weighted by Crippen LogP contribution is 2.51. The van der Waals surface area contributed by atoms with Crippen LogP contribution in [0.5, 0.6) is 0 Å². The molecule has 18 heavy (non-hydrogen) atoms. The first-order valence-corrected chi connectivity index (χ1v) is 7.13. The Morgan fingerprint density at radius 3 is 2.78 bits per heavy atom. The van der Waals surface area contributed by atoms with Crippen LogP contribution in [-0.2, 0) is 6.42 Å². The van der Waals surface area contributed by atoms with Gasteiger partial charge in [0.15, 0.2) is 0 Å². The van der Waals surface area contributed by atoms with Gasteiger partial charge in [-0.05, 0) is 56.2 Å². The molecule has 1 aliphatic rings. The molecule has 1 nitrogen and oxygen atoms in total. The van der Waals surface area contributed by atoms with Gasteiger partial charge in [0.2, 0.25) is 0 Å². The maximum Gasteiger partial charge on any atom is 0.144 e. The predicted octanol–water partition coefficient (Wildman–Crippen LogP) is 4.19. The second kappa shape index (κ2) is 5.58. The Hall–Kier alpha value is -0.600. The lowest BCUT2D eigenvalue weighted by atomic mass is 9.89. The topological polar surface area (TPSA) is 12.0 Å². The SMILES string of the molecule is CCCNC(C)C1(Cc2cccc(Cl)c2F)CC1. The number of benzene rings is 1. The summed E-state index contributed by atoms with van der Waals surface area (Å²) >= 11 is 5.84. The van der Waals surface area contributed by atoms with Crippen LogP contribution in [0, 0.1) is 11.2 Å². The summed E-state index contributed by atoms with van der Waals surface area (Å²) in [4.78, 5) is 0. The van der Waals surface area contributed by atoms with Crippen molar-refractivity contribution in [2.75, 3.05) is 6.54 Å². The summed E-state index contributed by atoms with van der Waals surface area (Å²) in [6.45, 7) is 5.40. The standard InChI is InChI=1S/C15H21ClFN/c1-3-9-18-11(2)15(7-8-15)10-12-5-4-6-13(16)14(12)17/h4-6,11,18H,3,7-10H2,1-2H3. The Bertz CT molecular complexity index is 415. The minimum absolute atomic E-state index is 0.234. The van der Waals surface area contributed by atoms with Gasteiger partial charge in [-0.1, -0.05) is 30.7 Å². The lowest BCUT2D eigenvalue weighted by Gasteiger charge is -2.25. The molecule has 1 fully saturated rings. The molecule has 1 N–H and O–H groups in total. The van der Waals surface area contributed by atoms with Crippen molar-refractivity contribution in [1.29, 1.82) is 0 Å². The molecule has 0 spiro atoms. The Kier molecular flexibility index (Phi) is 4.29. The zero-order valence-corrected chi connectivity index (χ0v) is 11.9. The highest BCUT2D eigenvalue weighted by molar-refractivity contribution is 6.30. The molecule has 0 saturated heterocycles. The number of halogens is 2. The van der Waals surface area contributed by atoms with Crippen LogP contribution in [0.2, 0.25) is 5.02 Å². The van der Waals surface area contributed by atoms with Crippen LogP contribution < -0.4 is 5.32 Å². The lowest BCUT2D eigenvalue weighted by molar-refractivity contribution is 0.346. The smallest absolute Gasteiger partial charge is 0.144 e. The number of rotatable bonds is 6. The zero-order chi connectivity index (χ0) is 13.2. The Morgan fingerprint density at radius 1 is 1.44 bits per heavy atom.